The van der Waals surface area contributed by atoms with Gasteiger partial charge in [-0.3, -0.25) is 0 Å². The summed E-state index contributed by atoms with van der Waals surface area (Å²) >= 11 is 0. The molecule has 0 spiro atoms. The van der Waals surface area contributed by atoms with Crippen molar-refractivity contribution < 1.29 is 0 Å². The van der Waals surface area contributed by atoms with Gasteiger partial charge >= 0.3 is 0 Å². The minimum atomic E-state index is 0.959. The molecule has 1 aromatic carbocycles. The van der Waals surface area contributed by atoms with Gasteiger partial charge in [-0.2, -0.15) is 0 Å². The maximum Gasteiger partial charge on any atom is 0.202 e. The molecule has 0 fully saturated rings. The van der Waals surface area contributed by atoms with Crippen molar-refractivity contribution in [3.05, 3.63) is 48.3 Å². The third kappa shape index (κ3) is 3.34. The molecule has 17 heavy (non-hydrogen) atoms. The van der Waals surface area contributed by atoms with Crippen LogP contribution in [0, 0.1) is 0 Å². The molecular weight excluding hydrogens is 210 g/mol. The van der Waals surface area contributed by atoms with Gasteiger partial charge < -0.3 is 9.88 Å². The fraction of sp³-hybridized carbons (Fsp3) is 0.357. The van der Waals surface area contributed by atoms with Crippen LogP contribution >= 0.6 is 0 Å². The molecule has 0 radical (unpaired) electrons. The van der Waals surface area contributed by atoms with Crippen LogP contribution < -0.4 is 5.32 Å². The highest BCUT2D eigenvalue weighted by molar-refractivity contribution is 5.25. The summed E-state index contributed by atoms with van der Waals surface area (Å²) in [5, 5.41) is 3.37. The van der Waals surface area contributed by atoms with Crippen molar-refractivity contribution in [2.45, 2.75) is 26.3 Å². The van der Waals surface area contributed by atoms with E-state index in [2.05, 4.69) is 52.1 Å². The Balaban J connectivity index is 1.73. The minimum absolute atomic E-state index is 0.959. The number of anilines is 1. The van der Waals surface area contributed by atoms with Gasteiger partial charge in [-0.25, -0.2) is 4.98 Å². The van der Waals surface area contributed by atoms with Crippen molar-refractivity contribution in [1.82, 2.24) is 9.55 Å². The second-order valence-corrected chi connectivity index (χ2v) is 4.05. The molecule has 1 heterocycles. The van der Waals surface area contributed by atoms with Crippen molar-refractivity contribution >= 4 is 5.95 Å². The van der Waals surface area contributed by atoms with E-state index in [-0.39, 0.29) is 0 Å². The lowest BCUT2D eigenvalue weighted by Crippen LogP contribution is -2.08. The van der Waals surface area contributed by atoms with E-state index in [9.17, 15) is 0 Å². The third-order valence-electron chi connectivity index (χ3n) is 2.82. The van der Waals surface area contributed by atoms with Gasteiger partial charge in [0.2, 0.25) is 5.95 Å². The number of nitrogens with zero attached hydrogens (tertiary/aromatic N) is 2. The summed E-state index contributed by atoms with van der Waals surface area (Å²) in [5.74, 6) is 0.973. The number of nitrogens with one attached hydrogen (secondary N) is 1. The maximum absolute atomic E-state index is 4.28. The molecule has 90 valence electrons. The number of hydrogen-bond donors (Lipinski definition) is 1. The van der Waals surface area contributed by atoms with Crippen molar-refractivity contribution in [3.8, 4) is 0 Å². The average molecular weight is 229 g/mol. The number of aromatic nitrogens is 2. The molecule has 1 N–H and O–H groups in total. The van der Waals surface area contributed by atoms with E-state index < -0.39 is 0 Å². The van der Waals surface area contributed by atoms with Crippen LogP contribution in [0.4, 0.5) is 5.95 Å². The van der Waals surface area contributed by atoms with E-state index >= 15 is 0 Å². The molecular formula is C14H19N3. The summed E-state index contributed by atoms with van der Waals surface area (Å²) in [6, 6.07) is 10.6. The largest absolute Gasteiger partial charge is 0.356 e. The fourth-order valence-electron chi connectivity index (χ4n) is 1.87. The first kappa shape index (κ1) is 11.7. The summed E-state index contributed by atoms with van der Waals surface area (Å²) in [6.07, 6.45) is 6.07. The fourth-order valence-corrected chi connectivity index (χ4v) is 1.87. The molecule has 2 rings (SSSR count). The van der Waals surface area contributed by atoms with Gasteiger partial charge in [0.15, 0.2) is 0 Å². The second kappa shape index (κ2) is 6.09. The van der Waals surface area contributed by atoms with Crippen LogP contribution in [0.2, 0.25) is 0 Å². The van der Waals surface area contributed by atoms with E-state index in [0.717, 1.165) is 31.9 Å². The van der Waals surface area contributed by atoms with Crippen LogP contribution in [0.5, 0.6) is 0 Å². The lowest BCUT2D eigenvalue weighted by molar-refractivity contribution is 0.754. The zero-order chi connectivity index (χ0) is 11.9. The first-order valence-electron chi connectivity index (χ1n) is 6.19. The monoisotopic (exact) mass is 229 g/mol. The molecule has 0 unspecified atom stereocenters. The van der Waals surface area contributed by atoms with Crippen LogP contribution in [0.25, 0.3) is 0 Å². The molecule has 0 aliphatic carbocycles. The molecule has 0 aliphatic heterocycles. The Morgan fingerprint density at radius 1 is 1.24 bits per heavy atom. The number of rotatable bonds is 6. The molecule has 0 saturated heterocycles. The summed E-state index contributed by atoms with van der Waals surface area (Å²) in [5.41, 5.74) is 1.40. The van der Waals surface area contributed by atoms with Gasteiger partial charge in [0, 0.05) is 25.5 Å². The zero-order valence-electron chi connectivity index (χ0n) is 10.3. The highest BCUT2D eigenvalue weighted by Gasteiger charge is 1.99. The third-order valence-corrected chi connectivity index (χ3v) is 2.82. The van der Waals surface area contributed by atoms with Gasteiger partial charge in [-0.05, 0) is 25.3 Å². The molecule has 0 aliphatic rings. The Morgan fingerprint density at radius 3 is 2.82 bits per heavy atom. The summed E-state index contributed by atoms with van der Waals surface area (Å²) in [6.45, 7) is 4.05. The number of hydrogen-bond acceptors (Lipinski definition) is 2. The Labute approximate surface area is 103 Å². The SMILES string of the molecule is CCn1ccnc1NCCCc1ccccc1. The molecule has 0 saturated carbocycles. The first-order chi connectivity index (χ1) is 8.40. The topological polar surface area (TPSA) is 29.9 Å². The molecule has 3 nitrogen and oxygen atoms in total. The predicted octanol–water partition coefficient (Wildman–Crippen LogP) is 2.95. The average Bonchev–Trinajstić information content (AvgIpc) is 2.83. The van der Waals surface area contributed by atoms with E-state index in [0.29, 0.717) is 0 Å². The molecule has 0 atom stereocenters. The van der Waals surface area contributed by atoms with Crippen molar-refractivity contribution in [2.75, 3.05) is 11.9 Å². The van der Waals surface area contributed by atoms with E-state index in [4.69, 9.17) is 0 Å². The number of benzene rings is 1. The smallest absolute Gasteiger partial charge is 0.202 e. The zero-order valence-corrected chi connectivity index (χ0v) is 10.3. The normalized spacial score (nSPS) is 10.4. The maximum atomic E-state index is 4.28. The van der Waals surface area contributed by atoms with Crippen LogP contribution in [0.1, 0.15) is 18.9 Å². The van der Waals surface area contributed by atoms with Crippen molar-refractivity contribution in [1.29, 1.82) is 0 Å². The Hall–Kier alpha value is -1.77. The van der Waals surface area contributed by atoms with E-state index in [1.807, 2.05) is 12.4 Å². The molecule has 0 amide bonds. The molecule has 3 heteroatoms. The minimum Gasteiger partial charge on any atom is -0.356 e. The van der Waals surface area contributed by atoms with Gasteiger partial charge in [0.25, 0.3) is 0 Å². The van der Waals surface area contributed by atoms with Gasteiger partial charge in [-0.15, -0.1) is 0 Å². The quantitative estimate of drug-likeness (QED) is 0.772. The molecule has 1 aromatic heterocycles. The standard InChI is InChI=1S/C14H19N3/c1-2-17-12-11-16-14(17)15-10-6-9-13-7-4-3-5-8-13/h3-5,7-8,11-12H,2,6,9-10H2,1H3,(H,15,16). The van der Waals surface area contributed by atoms with Crippen LogP contribution in [-0.4, -0.2) is 16.1 Å². The van der Waals surface area contributed by atoms with E-state index in [1.54, 1.807) is 0 Å². The first-order valence-corrected chi connectivity index (χ1v) is 6.19. The molecule has 2 aromatic rings. The summed E-state index contributed by atoms with van der Waals surface area (Å²) < 4.78 is 2.11. The Kier molecular flexibility index (Phi) is 4.19. The number of imidazole rings is 1. The predicted molar refractivity (Wildman–Crippen MR) is 71.2 cm³/mol. The summed E-state index contributed by atoms with van der Waals surface area (Å²) in [7, 11) is 0. The van der Waals surface area contributed by atoms with Gasteiger partial charge in [-0.1, -0.05) is 30.3 Å². The Morgan fingerprint density at radius 2 is 2.06 bits per heavy atom. The van der Waals surface area contributed by atoms with Crippen LogP contribution in [0.15, 0.2) is 42.7 Å². The number of aryl methyl sites for hydroxylation is 2. The lowest BCUT2D eigenvalue weighted by atomic mass is 10.1. The van der Waals surface area contributed by atoms with Gasteiger partial charge in [0.05, 0.1) is 0 Å². The van der Waals surface area contributed by atoms with Crippen molar-refractivity contribution in [2.24, 2.45) is 0 Å². The van der Waals surface area contributed by atoms with Crippen LogP contribution in [-0.2, 0) is 13.0 Å². The molecule has 0 bridgehead atoms. The summed E-state index contributed by atoms with van der Waals surface area (Å²) in [4.78, 5) is 4.28. The van der Waals surface area contributed by atoms with Gasteiger partial charge in [0.1, 0.15) is 0 Å². The highest BCUT2D eigenvalue weighted by atomic mass is 15.2. The van der Waals surface area contributed by atoms with Crippen LogP contribution in [0.3, 0.4) is 0 Å². The Bertz CT molecular complexity index is 434. The van der Waals surface area contributed by atoms with E-state index in [1.165, 1.54) is 5.56 Å². The second-order valence-electron chi connectivity index (χ2n) is 4.05. The highest BCUT2D eigenvalue weighted by Crippen LogP contribution is 2.05. The lowest BCUT2D eigenvalue weighted by Gasteiger charge is -2.07. The van der Waals surface area contributed by atoms with Crippen molar-refractivity contribution in [3.63, 3.8) is 0 Å².